The number of aliphatic hydroxyl groups excluding tert-OH is 1. The number of pyridine rings is 1. The Bertz CT molecular complexity index is 1210. The Morgan fingerprint density at radius 2 is 1.86 bits per heavy atom. The molecule has 0 fully saturated rings. The summed E-state index contributed by atoms with van der Waals surface area (Å²) in [6.45, 7) is 3.78. The normalized spacial score (nSPS) is 12.1. The molecule has 9 heteroatoms. The van der Waals surface area contributed by atoms with Crippen LogP contribution >= 0.6 is 12.8 Å². The molecule has 1 atom stereocenters. The molecule has 1 unspecified atom stereocenters. The van der Waals surface area contributed by atoms with Gasteiger partial charge in [0.1, 0.15) is 29.9 Å². The first-order valence-electron chi connectivity index (χ1n) is 10.9. The van der Waals surface area contributed by atoms with Gasteiger partial charge in [0.2, 0.25) is 5.78 Å². The third-order valence-electron chi connectivity index (χ3n) is 5.23. The molecule has 0 saturated carbocycles. The second-order valence-electron chi connectivity index (χ2n) is 7.83. The van der Waals surface area contributed by atoms with E-state index >= 15 is 0 Å². The number of hydrogen-bond acceptors (Lipinski definition) is 9. The minimum Gasteiger partial charge on any atom is -0.497 e. The van der Waals surface area contributed by atoms with Gasteiger partial charge in [0.15, 0.2) is 0 Å². The van der Waals surface area contributed by atoms with E-state index in [9.17, 15) is 4.79 Å². The van der Waals surface area contributed by atoms with Crippen molar-refractivity contribution in [1.82, 2.24) is 4.98 Å². The number of anilines is 1. The Morgan fingerprint density at radius 1 is 1.14 bits per heavy atom. The van der Waals surface area contributed by atoms with Crippen molar-refractivity contribution in [3.05, 3.63) is 83.2 Å². The Morgan fingerprint density at radius 3 is 2.46 bits per heavy atom. The number of nitrogens with zero attached hydrogens (tertiary/aromatic N) is 2. The summed E-state index contributed by atoms with van der Waals surface area (Å²) in [4.78, 5) is 18.1. The molecule has 0 amide bonds. The van der Waals surface area contributed by atoms with E-state index in [0.717, 1.165) is 11.3 Å². The largest absolute Gasteiger partial charge is 0.497 e. The maximum absolute atomic E-state index is 13.8. The maximum atomic E-state index is 13.8. The number of ketones is 1. The lowest BCUT2D eigenvalue weighted by molar-refractivity contribution is -0.113. The summed E-state index contributed by atoms with van der Waals surface area (Å²) in [6.07, 6.45) is 1.61. The minimum atomic E-state index is -0.919. The fraction of sp³-hybridized carbons (Fsp3) is 0.231. The summed E-state index contributed by atoms with van der Waals surface area (Å²) in [7, 11) is 1.52. The van der Waals surface area contributed by atoms with Crippen molar-refractivity contribution in [1.29, 1.82) is 5.41 Å². The Balaban J connectivity index is 2.00. The molecular weight excluding hydrogens is 464 g/mol. The first-order valence-corrected chi connectivity index (χ1v) is 11.3. The maximum Gasteiger partial charge on any atom is 0.210 e. The standard InChI is InChI=1S/C26H28N4O4S/c1-16-4-7-18(8-5-16)23(27)25(30-35)26(32)24(19-9-6-17(2)28-15-19)29-20-12-21(33-3)14-22(13-20)34-11-10-31/h4-9,12-15,24,27,29,31,35H,10-11H2,1-3H3/b27-23?,30-25+. The van der Waals surface area contributed by atoms with Gasteiger partial charge in [0, 0.05) is 46.9 Å². The molecule has 3 N–H and O–H groups in total. The van der Waals surface area contributed by atoms with Crippen LogP contribution in [0.3, 0.4) is 0 Å². The van der Waals surface area contributed by atoms with Gasteiger partial charge in [-0.1, -0.05) is 35.9 Å². The van der Waals surface area contributed by atoms with E-state index in [1.807, 2.05) is 32.0 Å². The molecule has 0 saturated heterocycles. The Kier molecular flexibility index (Phi) is 8.99. The van der Waals surface area contributed by atoms with Crippen LogP contribution in [0.25, 0.3) is 0 Å². The van der Waals surface area contributed by atoms with E-state index in [-0.39, 0.29) is 24.6 Å². The third kappa shape index (κ3) is 6.68. The van der Waals surface area contributed by atoms with Gasteiger partial charge in [-0.3, -0.25) is 15.2 Å². The molecule has 0 aliphatic carbocycles. The Labute approximate surface area is 210 Å². The number of nitrogens with one attached hydrogen (secondary N) is 2. The van der Waals surface area contributed by atoms with E-state index in [1.54, 1.807) is 42.6 Å². The van der Waals surface area contributed by atoms with Gasteiger partial charge in [-0.2, -0.15) is 0 Å². The minimum absolute atomic E-state index is 0.0329. The smallest absolute Gasteiger partial charge is 0.210 e. The van der Waals surface area contributed by atoms with Crippen LogP contribution in [0.1, 0.15) is 28.4 Å². The number of methoxy groups -OCH3 is 1. The first kappa shape index (κ1) is 25.9. The van der Waals surface area contributed by atoms with E-state index in [0.29, 0.717) is 28.3 Å². The highest BCUT2D eigenvalue weighted by molar-refractivity contribution is 7.79. The summed E-state index contributed by atoms with van der Waals surface area (Å²) >= 11 is 4.02. The zero-order chi connectivity index (χ0) is 25.4. The van der Waals surface area contributed by atoms with Crippen LogP contribution in [0.15, 0.2) is 65.2 Å². The van der Waals surface area contributed by atoms with E-state index < -0.39 is 11.8 Å². The third-order valence-corrected chi connectivity index (χ3v) is 5.43. The lowest BCUT2D eigenvalue weighted by Gasteiger charge is -2.21. The predicted octanol–water partition coefficient (Wildman–Crippen LogP) is 4.15. The highest BCUT2D eigenvalue weighted by Crippen LogP contribution is 2.30. The number of ether oxygens (including phenoxy) is 2. The first-order chi connectivity index (χ1) is 16.9. The summed E-state index contributed by atoms with van der Waals surface area (Å²) in [5.41, 5.74) is 3.41. The molecule has 3 rings (SSSR count). The van der Waals surface area contributed by atoms with Crippen LogP contribution in [0.5, 0.6) is 11.5 Å². The van der Waals surface area contributed by atoms with Crippen molar-refractivity contribution in [2.45, 2.75) is 19.9 Å². The molecular formula is C26H28N4O4S. The van der Waals surface area contributed by atoms with Crippen molar-refractivity contribution in [2.24, 2.45) is 4.40 Å². The summed E-state index contributed by atoms with van der Waals surface area (Å²) in [5, 5.41) is 20.9. The molecule has 0 radical (unpaired) electrons. The zero-order valence-corrected chi connectivity index (χ0v) is 20.7. The second kappa shape index (κ2) is 12.1. The van der Waals surface area contributed by atoms with Gasteiger partial charge < -0.3 is 19.9 Å². The number of thiol groups is 1. The van der Waals surface area contributed by atoms with Crippen LogP contribution in [-0.2, 0) is 4.79 Å². The van der Waals surface area contributed by atoms with Crippen molar-refractivity contribution in [3.8, 4) is 11.5 Å². The fourth-order valence-corrected chi connectivity index (χ4v) is 3.55. The van der Waals surface area contributed by atoms with Crippen LogP contribution in [-0.4, -0.2) is 47.6 Å². The SMILES string of the molecule is COc1cc(NC(C(=O)/C(=N/S)C(=N)c2ccc(C)cc2)c2ccc(C)nc2)cc(OCCO)c1. The molecule has 182 valence electrons. The highest BCUT2D eigenvalue weighted by Gasteiger charge is 2.29. The molecule has 8 nitrogen and oxygen atoms in total. The number of aromatic nitrogens is 1. The molecule has 35 heavy (non-hydrogen) atoms. The second-order valence-corrected chi connectivity index (χ2v) is 8.03. The Hall–Kier alpha value is -3.69. The van der Waals surface area contributed by atoms with Gasteiger partial charge in [-0.25, -0.2) is 4.40 Å². The number of Topliss-reactive ketones (excluding diaryl/α,β-unsaturated/α-hetero) is 1. The van der Waals surface area contributed by atoms with Crippen molar-refractivity contribution < 1.29 is 19.4 Å². The van der Waals surface area contributed by atoms with Crippen molar-refractivity contribution >= 4 is 35.7 Å². The number of hydrogen-bond donors (Lipinski definition) is 4. The van der Waals surface area contributed by atoms with Crippen LogP contribution < -0.4 is 14.8 Å². The van der Waals surface area contributed by atoms with E-state index in [4.69, 9.17) is 20.0 Å². The van der Waals surface area contributed by atoms with Gasteiger partial charge in [-0.05, 0) is 32.7 Å². The quantitative estimate of drug-likeness (QED) is 0.236. The number of carbonyl (C=O) groups is 1. The van der Waals surface area contributed by atoms with E-state index in [2.05, 4.69) is 27.5 Å². The van der Waals surface area contributed by atoms with Crippen LogP contribution in [0, 0.1) is 19.3 Å². The predicted molar refractivity (Wildman–Crippen MR) is 140 cm³/mol. The van der Waals surface area contributed by atoms with Gasteiger partial charge in [0.25, 0.3) is 0 Å². The summed E-state index contributed by atoms with van der Waals surface area (Å²) < 4.78 is 14.8. The van der Waals surface area contributed by atoms with Crippen molar-refractivity contribution in [2.75, 3.05) is 25.6 Å². The number of carbonyl (C=O) groups excluding carboxylic acids is 1. The molecule has 1 heterocycles. The molecule has 0 aliphatic rings. The average molecular weight is 493 g/mol. The molecule has 0 aliphatic heterocycles. The topological polar surface area (TPSA) is 117 Å². The van der Waals surface area contributed by atoms with Gasteiger partial charge in [0.05, 0.1) is 19.4 Å². The molecule has 3 aromatic rings. The van der Waals surface area contributed by atoms with E-state index in [1.165, 1.54) is 7.11 Å². The lowest BCUT2D eigenvalue weighted by atomic mass is 9.95. The lowest BCUT2D eigenvalue weighted by Crippen LogP contribution is -2.33. The number of aryl methyl sites for hydroxylation is 2. The van der Waals surface area contributed by atoms with Gasteiger partial charge in [-0.15, -0.1) is 0 Å². The highest BCUT2D eigenvalue weighted by atomic mass is 32.1. The van der Waals surface area contributed by atoms with Crippen LogP contribution in [0.2, 0.25) is 0 Å². The molecule has 1 aromatic heterocycles. The summed E-state index contributed by atoms with van der Waals surface area (Å²) in [5.74, 6) is 0.521. The monoisotopic (exact) mass is 492 g/mol. The average Bonchev–Trinajstić information content (AvgIpc) is 2.87. The van der Waals surface area contributed by atoms with Gasteiger partial charge >= 0.3 is 0 Å². The number of aliphatic hydroxyl groups is 1. The number of benzene rings is 2. The summed E-state index contributed by atoms with van der Waals surface area (Å²) in [6, 6.07) is 15.1. The molecule has 0 spiro atoms. The van der Waals surface area contributed by atoms with Crippen LogP contribution in [0.4, 0.5) is 5.69 Å². The fourth-order valence-electron chi connectivity index (χ4n) is 3.35. The van der Waals surface area contributed by atoms with Crippen molar-refractivity contribution in [3.63, 3.8) is 0 Å². The molecule has 0 bridgehead atoms. The number of rotatable bonds is 11. The zero-order valence-electron chi connectivity index (χ0n) is 19.8. The molecule has 2 aromatic carbocycles.